The predicted molar refractivity (Wildman–Crippen MR) is 107 cm³/mol. The summed E-state index contributed by atoms with van der Waals surface area (Å²) in [6, 6.07) is 12.5. The Labute approximate surface area is 162 Å². The van der Waals surface area contributed by atoms with Crippen LogP contribution >= 0.6 is 11.3 Å². The third-order valence-corrected chi connectivity index (χ3v) is 6.02. The zero-order valence-corrected chi connectivity index (χ0v) is 15.4. The SMILES string of the molecule is O=C1CC[C@@H](C(=O)Nc2ccc3[nH]nc(-c4cc5ccccc5s4)c3c2F)N1. The molecule has 3 N–H and O–H groups in total. The van der Waals surface area contributed by atoms with Gasteiger partial charge in [-0.05, 0) is 36.1 Å². The molecule has 1 aliphatic rings. The van der Waals surface area contributed by atoms with E-state index in [0.717, 1.165) is 15.0 Å². The van der Waals surface area contributed by atoms with Crippen molar-refractivity contribution in [1.29, 1.82) is 0 Å². The smallest absolute Gasteiger partial charge is 0.247 e. The number of aromatic nitrogens is 2. The Morgan fingerprint density at radius 1 is 1.25 bits per heavy atom. The molecule has 0 saturated carbocycles. The molecule has 1 fully saturated rings. The fourth-order valence-electron chi connectivity index (χ4n) is 3.48. The quantitative estimate of drug-likeness (QED) is 0.494. The number of hydrogen-bond acceptors (Lipinski definition) is 4. The van der Waals surface area contributed by atoms with Gasteiger partial charge < -0.3 is 10.6 Å². The van der Waals surface area contributed by atoms with Crippen molar-refractivity contribution in [3.8, 4) is 10.6 Å². The molecule has 1 atom stereocenters. The van der Waals surface area contributed by atoms with Crippen molar-refractivity contribution in [3.05, 3.63) is 48.3 Å². The van der Waals surface area contributed by atoms with E-state index in [1.807, 2.05) is 30.3 Å². The molecule has 0 spiro atoms. The normalized spacial score (nSPS) is 16.6. The van der Waals surface area contributed by atoms with Crippen molar-refractivity contribution in [3.63, 3.8) is 0 Å². The number of nitrogens with zero attached hydrogens (tertiary/aromatic N) is 1. The zero-order valence-electron chi connectivity index (χ0n) is 14.6. The maximum Gasteiger partial charge on any atom is 0.247 e. The number of carbonyl (C=O) groups is 2. The van der Waals surface area contributed by atoms with Crippen LogP contribution in [-0.2, 0) is 9.59 Å². The van der Waals surface area contributed by atoms with Crippen molar-refractivity contribution in [1.82, 2.24) is 15.5 Å². The Hall–Kier alpha value is -3.26. The van der Waals surface area contributed by atoms with E-state index in [1.54, 1.807) is 6.07 Å². The molecule has 2 aromatic heterocycles. The number of thiophene rings is 1. The van der Waals surface area contributed by atoms with E-state index in [2.05, 4.69) is 20.8 Å². The Kier molecular flexibility index (Phi) is 3.87. The fourth-order valence-corrected chi connectivity index (χ4v) is 4.54. The minimum Gasteiger partial charge on any atom is -0.344 e. The first-order valence-corrected chi connectivity index (χ1v) is 9.67. The van der Waals surface area contributed by atoms with Gasteiger partial charge in [0.2, 0.25) is 11.8 Å². The van der Waals surface area contributed by atoms with E-state index >= 15 is 4.39 Å². The molecule has 28 heavy (non-hydrogen) atoms. The molecule has 0 bridgehead atoms. The van der Waals surface area contributed by atoms with Gasteiger partial charge in [-0.25, -0.2) is 4.39 Å². The minimum atomic E-state index is -0.631. The van der Waals surface area contributed by atoms with Gasteiger partial charge in [0.25, 0.3) is 0 Å². The number of fused-ring (bicyclic) bond motifs is 2. The molecule has 2 amide bonds. The van der Waals surface area contributed by atoms with Gasteiger partial charge in [0.1, 0.15) is 11.7 Å². The second-order valence-corrected chi connectivity index (χ2v) is 7.80. The molecular weight excluding hydrogens is 379 g/mol. The molecular formula is C20H15FN4O2S. The first-order chi connectivity index (χ1) is 13.6. The molecule has 0 radical (unpaired) electrons. The van der Waals surface area contributed by atoms with Gasteiger partial charge in [0.05, 0.1) is 21.5 Å². The summed E-state index contributed by atoms with van der Waals surface area (Å²) in [6.45, 7) is 0. The monoisotopic (exact) mass is 394 g/mol. The lowest BCUT2D eigenvalue weighted by atomic mass is 10.1. The highest BCUT2D eigenvalue weighted by atomic mass is 32.1. The van der Waals surface area contributed by atoms with Crippen LogP contribution in [0.3, 0.4) is 0 Å². The van der Waals surface area contributed by atoms with E-state index in [-0.39, 0.29) is 11.6 Å². The lowest BCUT2D eigenvalue weighted by molar-refractivity contribution is -0.122. The second-order valence-electron chi connectivity index (χ2n) is 6.72. The molecule has 8 heteroatoms. The number of rotatable bonds is 3. The topological polar surface area (TPSA) is 86.9 Å². The van der Waals surface area contributed by atoms with E-state index in [4.69, 9.17) is 0 Å². The average molecular weight is 394 g/mol. The number of H-pyrrole nitrogens is 1. The Morgan fingerprint density at radius 2 is 2.11 bits per heavy atom. The van der Waals surface area contributed by atoms with Crippen LogP contribution in [0.1, 0.15) is 12.8 Å². The number of anilines is 1. The van der Waals surface area contributed by atoms with Crippen LogP contribution < -0.4 is 10.6 Å². The second kappa shape index (κ2) is 6.42. The maximum atomic E-state index is 15.3. The van der Waals surface area contributed by atoms with Crippen LogP contribution in [0.15, 0.2) is 42.5 Å². The van der Waals surface area contributed by atoms with Crippen LogP contribution in [0, 0.1) is 5.82 Å². The van der Waals surface area contributed by atoms with Crippen LogP contribution in [0.5, 0.6) is 0 Å². The Bertz CT molecular complexity index is 1210. The molecule has 1 aliphatic heterocycles. The zero-order chi connectivity index (χ0) is 19.3. The fraction of sp³-hybridized carbons (Fsp3) is 0.150. The van der Waals surface area contributed by atoms with Gasteiger partial charge >= 0.3 is 0 Å². The molecule has 0 unspecified atom stereocenters. The molecule has 0 aliphatic carbocycles. The summed E-state index contributed by atoms with van der Waals surface area (Å²) in [4.78, 5) is 24.5. The summed E-state index contributed by atoms with van der Waals surface area (Å²) in [5, 5.41) is 13.7. The van der Waals surface area contributed by atoms with Gasteiger partial charge in [-0.3, -0.25) is 14.7 Å². The highest BCUT2D eigenvalue weighted by Gasteiger charge is 2.28. The lowest BCUT2D eigenvalue weighted by Gasteiger charge is -2.12. The Balaban J connectivity index is 1.54. The van der Waals surface area contributed by atoms with Gasteiger partial charge in [0.15, 0.2) is 5.82 Å². The molecule has 6 nitrogen and oxygen atoms in total. The number of carbonyl (C=O) groups excluding carboxylic acids is 2. The predicted octanol–water partition coefficient (Wildman–Crippen LogP) is 3.80. The van der Waals surface area contributed by atoms with E-state index < -0.39 is 17.8 Å². The summed E-state index contributed by atoms with van der Waals surface area (Å²) in [5.41, 5.74) is 1.14. The lowest BCUT2D eigenvalue weighted by Crippen LogP contribution is -2.37. The van der Waals surface area contributed by atoms with Crippen molar-refractivity contribution in [2.75, 3.05) is 5.32 Å². The number of halogens is 1. The van der Waals surface area contributed by atoms with Crippen molar-refractivity contribution < 1.29 is 14.0 Å². The number of benzene rings is 2. The maximum absolute atomic E-state index is 15.3. The first-order valence-electron chi connectivity index (χ1n) is 8.86. The number of aromatic amines is 1. The molecule has 1 saturated heterocycles. The van der Waals surface area contributed by atoms with E-state index in [9.17, 15) is 9.59 Å². The van der Waals surface area contributed by atoms with Crippen LogP contribution in [0.4, 0.5) is 10.1 Å². The van der Waals surface area contributed by atoms with Crippen LogP contribution in [0.2, 0.25) is 0 Å². The third-order valence-electron chi connectivity index (χ3n) is 4.90. The standard InChI is InChI=1S/C20H15FN4O2S/c21-18-12(23-20(27)13-7-8-16(26)22-13)6-5-11-17(18)19(25-24-11)15-9-10-3-1-2-4-14(10)28-15/h1-6,9,13H,7-8H2,(H,22,26)(H,23,27)(H,24,25)/t13-/m0/s1. The summed E-state index contributed by atoms with van der Waals surface area (Å²) in [6.07, 6.45) is 0.713. The van der Waals surface area contributed by atoms with Gasteiger partial charge in [0, 0.05) is 11.1 Å². The molecule has 4 aromatic rings. The largest absolute Gasteiger partial charge is 0.344 e. The van der Waals surface area contributed by atoms with Gasteiger partial charge in [-0.2, -0.15) is 5.10 Å². The van der Waals surface area contributed by atoms with Crippen LogP contribution in [-0.4, -0.2) is 28.1 Å². The number of nitrogens with one attached hydrogen (secondary N) is 3. The molecule has 3 heterocycles. The number of amides is 2. The van der Waals surface area contributed by atoms with E-state index in [1.165, 1.54) is 17.4 Å². The third kappa shape index (κ3) is 2.73. The Morgan fingerprint density at radius 3 is 2.89 bits per heavy atom. The molecule has 2 aromatic carbocycles. The van der Waals surface area contributed by atoms with Crippen molar-refractivity contribution >= 4 is 49.8 Å². The van der Waals surface area contributed by atoms with Crippen LogP contribution in [0.25, 0.3) is 31.6 Å². The molecule has 140 valence electrons. The summed E-state index contributed by atoms with van der Waals surface area (Å²) in [5.74, 6) is -1.13. The first kappa shape index (κ1) is 16.9. The summed E-state index contributed by atoms with van der Waals surface area (Å²) < 4.78 is 16.4. The minimum absolute atomic E-state index is 0.0717. The van der Waals surface area contributed by atoms with E-state index in [0.29, 0.717) is 29.4 Å². The molecule has 5 rings (SSSR count). The van der Waals surface area contributed by atoms with Crippen molar-refractivity contribution in [2.24, 2.45) is 0 Å². The van der Waals surface area contributed by atoms with Crippen molar-refractivity contribution in [2.45, 2.75) is 18.9 Å². The summed E-state index contributed by atoms with van der Waals surface area (Å²) >= 11 is 1.53. The van der Waals surface area contributed by atoms with Gasteiger partial charge in [-0.1, -0.05) is 18.2 Å². The highest BCUT2D eigenvalue weighted by molar-refractivity contribution is 7.22. The van der Waals surface area contributed by atoms with Gasteiger partial charge in [-0.15, -0.1) is 11.3 Å². The average Bonchev–Trinajstić information content (AvgIpc) is 3.40. The highest BCUT2D eigenvalue weighted by Crippen LogP contribution is 2.38. The number of hydrogen-bond donors (Lipinski definition) is 3. The summed E-state index contributed by atoms with van der Waals surface area (Å²) in [7, 11) is 0.